The Morgan fingerprint density at radius 2 is 0.886 bits per heavy atom. The van der Waals surface area contributed by atoms with Crippen LogP contribution >= 0.6 is 0 Å². The molecule has 0 aromatic heterocycles. The fraction of sp³-hybridized carbons (Fsp3) is 0.562. The molecule has 0 aliphatic rings. The van der Waals surface area contributed by atoms with E-state index in [0.29, 0.717) is 0 Å². The molecule has 0 amide bonds. The molecular weight excluding hydrogens is 471 g/mol. The Morgan fingerprint density at radius 1 is 0.514 bits per heavy atom. The molecule has 2 nitrogen and oxygen atoms in total. The van der Waals surface area contributed by atoms with Crippen molar-refractivity contribution in [3.05, 3.63) is 58.7 Å². The van der Waals surface area contributed by atoms with Crippen molar-refractivity contribution in [3.8, 4) is 0 Å². The fourth-order valence-electron chi connectivity index (χ4n) is 4.22. The maximum absolute atomic E-state index is 5.22. The van der Waals surface area contributed by atoms with Gasteiger partial charge in [0, 0.05) is 16.5 Å². The molecule has 0 N–H and O–H groups in total. The molecule has 0 fully saturated rings. The Kier molecular flexibility index (Phi) is 15.8. The van der Waals surface area contributed by atoms with Crippen LogP contribution in [0.3, 0.4) is 0 Å². The molecule has 2 aromatic rings. The van der Waals surface area contributed by atoms with Crippen molar-refractivity contribution in [1.82, 2.24) is 0 Å². The van der Waals surface area contributed by atoms with E-state index in [1.165, 1.54) is 97.9 Å². The minimum absolute atomic E-state index is 0. The molecule has 2 aromatic carbocycles. The summed E-state index contributed by atoms with van der Waals surface area (Å²) in [5.41, 5.74) is 9.74. The number of rotatable bonds is 15. The van der Waals surface area contributed by atoms with Gasteiger partial charge in [-0.15, -0.1) is 0 Å². The van der Waals surface area contributed by atoms with E-state index in [0.717, 1.165) is 24.2 Å². The fourth-order valence-corrected chi connectivity index (χ4v) is 4.22. The molecule has 0 spiro atoms. The molecule has 3 heteroatoms. The summed E-state index contributed by atoms with van der Waals surface area (Å²) in [6.45, 7) is 13.2. The minimum Gasteiger partial charge on any atom is -0.252 e. The first kappa shape index (κ1) is 31.3. The third-order valence-corrected chi connectivity index (χ3v) is 6.88. The van der Waals surface area contributed by atoms with Crippen LogP contribution in [0.5, 0.6) is 0 Å². The average Bonchev–Trinajstić information content (AvgIpc) is 2.82. The number of unbranched alkanes of at least 4 members (excludes halogenated alkanes) is 8. The van der Waals surface area contributed by atoms with Gasteiger partial charge in [-0.1, -0.05) is 77.3 Å². The van der Waals surface area contributed by atoms with Gasteiger partial charge in [0.15, 0.2) is 0 Å². The number of hydrogen-bond donors (Lipinski definition) is 0. The molecule has 0 aliphatic carbocycles. The Bertz CT molecular complexity index is 943. The second kappa shape index (κ2) is 17.7. The van der Waals surface area contributed by atoms with Crippen molar-refractivity contribution in [3.63, 3.8) is 0 Å². The van der Waals surface area contributed by atoms with Crippen molar-refractivity contribution in [2.75, 3.05) is 0 Å². The van der Waals surface area contributed by atoms with Crippen molar-refractivity contribution < 1.29 is 16.5 Å². The van der Waals surface area contributed by atoms with Crippen LogP contribution < -0.4 is 0 Å². The van der Waals surface area contributed by atoms with Crippen molar-refractivity contribution in [1.29, 1.82) is 0 Å². The van der Waals surface area contributed by atoms with Crippen LogP contribution in [0.15, 0.2) is 46.4 Å². The Hall–Kier alpha value is -1.73. The Morgan fingerprint density at radius 3 is 1.29 bits per heavy atom. The van der Waals surface area contributed by atoms with Gasteiger partial charge >= 0.3 is 0 Å². The van der Waals surface area contributed by atoms with Gasteiger partial charge in [-0.25, -0.2) is 0 Å². The summed E-state index contributed by atoms with van der Waals surface area (Å²) < 4.78 is 0. The van der Waals surface area contributed by atoms with Gasteiger partial charge in [-0.2, -0.15) is 0 Å². The molecule has 0 unspecified atom stereocenters. The summed E-state index contributed by atoms with van der Waals surface area (Å²) in [5.74, 6) is 0. The van der Waals surface area contributed by atoms with Crippen LogP contribution in [0.4, 0.5) is 11.4 Å². The predicted octanol–water partition coefficient (Wildman–Crippen LogP) is 10.5. The van der Waals surface area contributed by atoms with Crippen LogP contribution in [0, 0.1) is 27.7 Å². The third-order valence-electron chi connectivity index (χ3n) is 6.88. The topological polar surface area (TPSA) is 24.7 Å². The summed E-state index contributed by atoms with van der Waals surface area (Å²) in [6.07, 6.45) is 14.8. The minimum atomic E-state index is 0. The number of benzene rings is 2. The first-order valence-electron chi connectivity index (χ1n) is 13.7. The predicted molar refractivity (Wildman–Crippen MR) is 153 cm³/mol. The first-order valence-corrected chi connectivity index (χ1v) is 13.7. The molecule has 35 heavy (non-hydrogen) atoms. The van der Waals surface area contributed by atoms with Gasteiger partial charge in [0.2, 0.25) is 0 Å². The van der Waals surface area contributed by atoms with Gasteiger partial charge in [-0.05, 0) is 99.9 Å². The molecule has 196 valence electrons. The van der Waals surface area contributed by atoms with Crippen molar-refractivity contribution in [2.24, 2.45) is 9.98 Å². The first-order chi connectivity index (χ1) is 16.4. The second-order valence-electron chi connectivity index (χ2n) is 9.98. The average molecular weight is 519 g/mol. The van der Waals surface area contributed by atoms with E-state index in [1.807, 2.05) is 0 Å². The van der Waals surface area contributed by atoms with Gasteiger partial charge in [-0.3, -0.25) is 9.98 Å². The molecular formula is C32H48N2Ni. The molecule has 0 saturated heterocycles. The molecule has 0 atom stereocenters. The monoisotopic (exact) mass is 518 g/mol. The zero-order chi connectivity index (χ0) is 24.8. The molecule has 0 aliphatic heterocycles. The van der Waals surface area contributed by atoms with Crippen LogP contribution in [0.1, 0.15) is 113 Å². The molecule has 0 radical (unpaired) electrons. The van der Waals surface area contributed by atoms with Gasteiger partial charge in [0.1, 0.15) is 0 Å². The van der Waals surface area contributed by atoms with E-state index < -0.39 is 0 Å². The van der Waals surface area contributed by atoms with Crippen molar-refractivity contribution >= 4 is 22.8 Å². The van der Waals surface area contributed by atoms with Gasteiger partial charge < -0.3 is 0 Å². The van der Waals surface area contributed by atoms with E-state index in [-0.39, 0.29) is 16.5 Å². The number of hydrogen-bond acceptors (Lipinski definition) is 2. The molecule has 0 heterocycles. The zero-order valence-corrected chi connectivity index (χ0v) is 24.1. The number of nitrogens with zero attached hydrogens (tertiary/aromatic N) is 2. The quantitative estimate of drug-likeness (QED) is 0.127. The summed E-state index contributed by atoms with van der Waals surface area (Å²) in [7, 11) is 0. The normalized spacial score (nSPS) is 12.1. The van der Waals surface area contributed by atoms with Crippen LogP contribution in [-0.4, -0.2) is 11.4 Å². The van der Waals surface area contributed by atoms with Crippen LogP contribution in [0.25, 0.3) is 0 Å². The van der Waals surface area contributed by atoms with Gasteiger partial charge in [0.25, 0.3) is 0 Å². The SMILES string of the molecule is CCCCCCCCC(=N\c1ccc(C)c(C)c1)/C(CCCCCC)=N/c1ccc(C)c(C)c1.[Ni]. The van der Waals surface area contributed by atoms with E-state index >= 15 is 0 Å². The largest absolute Gasteiger partial charge is 0.252 e. The standard InChI is InChI=1S/C32H48N2.Ni/c1-7-9-11-13-14-16-18-32(34-30-22-20-26(4)28(6)24-30)31(17-15-12-10-8-2)33-29-21-19-25(3)27(5)23-29;/h19-24H,7-18H2,1-6H3;/b33-31+,34-32+;. The summed E-state index contributed by atoms with van der Waals surface area (Å²) in [6, 6.07) is 13.1. The summed E-state index contributed by atoms with van der Waals surface area (Å²) in [5, 5.41) is 0. The van der Waals surface area contributed by atoms with Crippen LogP contribution in [0.2, 0.25) is 0 Å². The van der Waals surface area contributed by atoms with E-state index in [9.17, 15) is 0 Å². The van der Waals surface area contributed by atoms with E-state index in [2.05, 4.69) is 77.9 Å². The molecule has 2 rings (SSSR count). The third kappa shape index (κ3) is 11.7. The second-order valence-corrected chi connectivity index (χ2v) is 9.98. The maximum Gasteiger partial charge on any atom is 0.0636 e. The van der Waals surface area contributed by atoms with Gasteiger partial charge in [0.05, 0.1) is 22.8 Å². The zero-order valence-electron chi connectivity index (χ0n) is 23.2. The summed E-state index contributed by atoms with van der Waals surface area (Å²) >= 11 is 0. The Balaban J connectivity index is 0.00000612. The number of aliphatic imine (C=N–C) groups is 2. The molecule has 0 bridgehead atoms. The molecule has 0 saturated carbocycles. The smallest absolute Gasteiger partial charge is 0.0636 e. The summed E-state index contributed by atoms with van der Waals surface area (Å²) in [4.78, 5) is 10.4. The number of aryl methyl sites for hydroxylation is 4. The maximum atomic E-state index is 5.22. The van der Waals surface area contributed by atoms with E-state index in [1.54, 1.807) is 0 Å². The van der Waals surface area contributed by atoms with Crippen molar-refractivity contribution in [2.45, 2.75) is 119 Å². The Labute approximate surface area is 226 Å². The van der Waals surface area contributed by atoms with Crippen LogP contribution in [-0.2, 0) is 16.5 Å². The van der Waals surface area contributed by atoms with E-state index in [4.69, 9.17) is 9.98 Å².